The lowest BCUT2D eigenvalue weighted by atomic mass is 10.2. The minimum atomic E-state index is -0.0984. The first-order valence-electron chi connectivity index (χ1n) is 7.29. The van der Waals surface area contributed by atoms with Gasteiger partial charge in [0.15, 0.2) is 11.4 Å². The molecule has 4 rings (SSSR count). The van der Waals surface area contributed by atoms with Gasteiger partial charge in [0.25, 0.3) is 0 Å². The van der Waals surface area contributed by atoms with Crippen LogP contribution < -0.4 is 0 Å². The zero-order valence-corrected chi connectivity index (χ0v) is 16.0. The quantitative estimate of drug-likeness (QED) is 0.234. The van der Waals surface area contributed by atoms with Gasteiger partial charge in [-0.3, -0.25) is 4.79 Å². The molecule has 4 aromatic rings. The van der Waals surface area contributed by atoms with Crippen LogP contribution in [0.2, 0.25) is 8.67 Å². The number of thiophene rings is 1. The van der Waals surface area contributed by atoms with Crippen molar-refractivity contribution >= 4 is 74.2 Å². The molecule has 0 saturated carbocycles. The van der Waals surface area contributed by atoms with Crippen molar-refractivity contribution in [2.24, 2.45) is 0 Å². The Hall–Kier alpha value is -1.60. The molecule has 0 amide bonds. The van der Waals surface area contributed by atoms with E-state index in [0.29, 0.717) is 30.7 Å². The highest BCUT2D eigenvalue weighted by Crippen LogP contribution is 2.35. The van der Waals surface area contributed by atoms with Crippen molar-refractivity contribution in [2.45, 2.75) is 11.9 Å². The average molecular weight is 409 g/mol. The van der Waals surface area contributed by atoms with E-state index in [2.05, 4.69) is 9.97 Å². The number of carbonyl (C=O) groups is 1. The topological polar surface area (TPSA) is 56.0 Å². The molecule has 0 fully saturated rings. The van der Waals surface area contributed by atoms with Crippen molar-refractivity contribution in [3.8, 4) is 0 Å². The molecule has 0 bridgehead atoms. The standard InChI is InChI=1S/C17H10Cl2N2O2S2/c1-8-20-14-9-4-2-3-5-12(9)23-15(14)17(21-8)24-7-11(22)10-6-13(18)25-16(10)19/h2-6H,7H2,1H3. The summed E-state index contributed by atoms with van der Waals surface area (Å²) in [6.45, 7) is 1.82. The minimum absolute atomic E-state index is 0.0984. The van der Waals surface area contributed by atoms with E-state index < -0.39 is 0 Å². The number of hydrogen-bond donors (Lipinski definition) is 0. The molecule has 126 valence electrons. The third kappa shape index (κ3) is 3.15. The molecule has 0 N–H and O–H groups in total. The molecule has 0 aliphatic carbocycles. The van der Waals surface area contributed by atoms with Gasteiger partial charge in [0.05, 0.1) is 10.1 Å². The molecule has 0 aliphatic rings. The molecule has 8 heteroatoms. The van der Waals surface area contributed by atoms with E-state index in [-0.39, 0.29) is 11.5 Å². The van der Waals surface area contributed by atoms with E-state index >= 15 is 0 Å². The lowest BCUT2D eigenvalue weighted by molar-refractivity contribution is 0.102. The molecule has 0 radical (unpaired) electrons. The van der Waals surface area contributed by atoms with Gasteiger partial charge in [0.1, 0.15) is 26.3 Å². The summed E-state index contributed by atoms with van der Waals surface area (Å²) in [7, 11) is 0. The number of thioether (sulfide) groups is 1. The van der Waals surface area contributed by atoms with Crippen LogP contribution in [0, 0.1) is 6.92 Å². The van der Waals surface area contributed by atoms with Crippen LogP contribution in [0.15, 0.2) is 39.8 Å². The lowest BCUT2D eigenvalue weighted by Gasteiger charge is -2.02. The van der Waals surface area contributed by atoms with E-state index in [1.54, 1.807) is 6.07 Å². The maximum atomic E-state index is 12.4. The van der Waals surface area contributed by atoms with Gasteiger partial charge in [-0.15, -0.1) is 11.3 Å². The number of rotatable bonds is 4. The summed E-state index contributed by atoms with van der Waals surface area (Å²) >= 11 is 14.5. The Morgan fingerprint density at radius 2 is 2.08 bits per heavy atom. The van der Waals surface area contributed by atoms with Crippen LogP contribution in [0.4, 0.5) is 0 Å². The zero-order chi connectivity index (χ0) is 17.6. The number of hydrogen-bond acceptors (Lipinski definition) is 6. The van der Waals surface area contributed by atoms with Crippen LogP contribution in [0.1, 0.15) is 16.2 Å². The Morgan fingerprint density at radius 3 is 2.84 bits per heavy atom. The second-order valence-corrected chi connectivity index (χ2v) is 8.55. The fourth-order valence-electron chi connectivity index (χ4n) is 2.51. The molecule has 0 aliphatic heterocycles. The van der Waals surface area contributed by atoms with Crippen molar-refractivity contribution < 1.29 is 9.21 Å². The first-order valence-corrected chi connectivity index (χ1v) is 9.85. The van der Waals surface area contributed by atoms with Crippen molar-refractivity contribution in [1.29, 1.82) is 0 Å². The van der Waals surface area contributed by atoms with Gasteiger partial charge in [-0.1, -0.05) is 47.1 Å². The maximum Gasteiger partial charge on any atom is 0.186 e. The Balaban J connectivity index is 1.69. The zero-order valence-electron chi connectivity index (χ0n) is 12.9. The van der Waals surface area contributed by atoms with Crippen molar-refractivity contribution in [1.82, 2.24) is 9.97 Å². The minimum Gasteiger partial charge on any atom is -0.451 e. The van der Waals surface area contributed by atoms with E-state index in [9.17, 15) is 4.79 Å². The number of ketones is 1. The van der Waals surface area contributed by atoms with E-state index in [4.69, 9.17) is 27.6 Å². The molecular weight excluding hydrogens is 399 g/mol. The molecular formula is C17H10Cl2N2O2S2. The highest BCUT2D eigenvalue weighted by atomic mass is 35.5. The van der Waals surface area contributed by atoms with Gasteiger partial charge < -0.3 is 4.42 Å². The molecule has 25 heavy (non-hydrogen) atoms. The predicted molar refractivity (Wildman–Crippen MR) is 103 cm³/mol. The van der Waals surface area contributed by atoms with E-state index in [0.717, 1.165) is 16.5 Å². The molecule has 0 atom stereocenters. The summed E-state index contributed by atoms with van der Waals surface area (Å²) in [5.41, 5.74) is 2.54. The van der Waals surface area contributed by atoms with Crippen LogP contribution >= 0.6 is 46.3 Å². The number of fused-ring (bicyclic) bond motifs is 3. The molecule has 0 unspecified atom stereocenters. The summed E-state index contributed by atoms with van der Waals surface area (Å²) in [6.07, 6.45) is 0. The Bertz CT molecular complexity index is 1120. The summed E-state index contributed by atoms with van der Waals surface area (Å²) in [5.74, 6) is 0.722. The summed E-state index contributed by atoms with van der Waals surface area (Å²) < 4.78 is 6.80. The monoisotopic (exact) mass is 408 g/mol. The normalized spacial score (nSPS) is 11.5. The first kappa shape index (κ1) is 16.8. The Morgan fingerprint density at radius 1 is 1.28 bits per heavy atom. The fourth-order valence-corrected chi connectivity index (χ4v) is 4.90. The van der Waals surface area contributed by atoms with Gasteiger partial charge >= 0.3 is 0 Å². The molecule has 0 saturated heterocycles. The van der Waals surface area contributed by atoms with Gasteiger partial charge in [0, 0.05) is 10.9 Å². The summed E-state index contributed by atoms with van der Waals surface area (Å²) in [5, 5.41) is 1.58. The van der Waals surface area contributed by atoms with Gasteiger partial charge in [-0.25, -0.2) is 9.97 Å². The number of benzene rings is 1. The van der Waals surface area contributed by atoms with Gasteiger partial charge in [0.2, 0.25) is 0 Å². The maximum absolute atomic E-state index is 12.4. The lowest BCUT2D eigenvalue weighted by Crippen LogP contribution is -2.02. The molecule has 4 nitrogen and oxygen atoms in total. The number of halogens is 2. The fraction of sp³-hybridized carbons (Fsp3) is 0.118. The number of para-hydroxylation sites is 1. The number of Topliss-reactive ketones (excluding diaryl/α,β-unsaturated/α-hetero) is 1. The Labute approximate surface area is 161 Å². The van der Waals surface area contributed by atoms with Crippen molar-refractivity contribution in [3.63, 3.8) is 0 Å². The third-order valence-electron chi connectivity index (χ3n) is 3.60. The molecule has 3 heterocycles. The van der Waals surface area contributed by atoms with E-state index in [1.165, 1.54) is 23.1 Å². The second kappa shape index (κ2) is 6.61. The predicted octanol–water partition coefficient (Wildman–Crippen LogP) is 6.03. The largest absolute Gasteiger partial charge is 0.451 e. The van der Waals surface area contributed by atoms with Crippen molar-refractivity contribution in [3.05, 3.63) is 50.4 Å². The number of carbonyl (C=O) groups excluding carboxylic acids is 1. The SMILES string of the molecule is Cc1nc(SCC(=O)c2cc(Cl)sc2Cl)c2oc3ccccc3c2n1. The van der Waals surface area contributed by atoms with Crippen LogP contribution in [-0.2, 0) is 0 Å². The second-order valence-electron chi connectivity index (χ2n) is 5.30. The summed E-state index contributed by atoms with van der Waals surface area (Å²) in [4.78, 5) is 21.3. The number of nitrogens with zero attached hydrogens (tertiary/aromatic N) is 2. The molecule has 0 spiro atoms. The number of aromatic nitrogens is 2. The summed E-state index contributed by atoms with van der Waals surface area (Å²) in [6, 6.07) is 9.29. The highest BCUT2D eigenvalue weighted by molar-refractivity contribution is 8.00. The third-order valence-corrected chi connectivity index (χ3v) is 6.04. The first-order chi connectivity index (χ1) is 12.0. The molecule has 1 aromatic carbocycles. The number of aryl methyl sites for hydroxylation is 1. The van der Waals surface area contributed by atoms with Gasteiger partial charge in [-0.2, -0.15) is 0 Å². The van der Waals surface area contributed by atoms with E-state index in [1.807, 2.05) is 31.2 Å². The average Bonchev–Trinajstić information content (AvgIpc) is 3.12. The van der Waals surface area contributed by atoms with Crippen LogP contribution in [0.3, 0.4) is 0 Å². The highest BCUT2D eigenvalue weighted by Gasteiger charge is 2.18. The van der Waals surface area contributed by atoms with Crippen molar-refractivity contribution in [2.75, 3.05) is 5.75 Å². The van der Waals surface area contributed by atoms with Crippen LogP contribution in [-0.4, -0.2) is 21.5 Å². The smallest absolute Gasteiger partial charge is 0.186 e. The van der Waals surface area contributed by atoms with Crippen LogP contribution in [0.25, 0.3) is 22.1 Å². The molecule has 3 aromatic heterocycles. The number of furan rings is 1. The Kier molecular flexibility index (Phi) is 4.45. The van der Waals surface area contributed by atoms with Gasteiger partial charge in [-0.05, 0) is 25.1 Å². The van der Waals surface area contributed by atoms with Crippen LogP contribution in [0.5, 0.6) is 0 Å².